The second-order valence-corrected chi connectivity index (χ2v) is 4.23. The number of methoxy groups -OCH3 is 1. The number of rotatable bonds is 3. The van der Waals surface area contributed by atoms with Gasteiger partial charge in [-0.1, -0.05) is 6.07 Å². The van der Waals surface area contributed by atoms with E-state index in [2.05, 4.69) is 16.0 Å². The second kappa shape index (κ2) is 4.80. The molecule has 88 valence electrons. The molecule has 1 aliphatic rings. The van der Waals surface area contributed by atoms with E-state index in [0.717, 1.165) is 36.6 Å². The molecule has 1 saturated heterocycles. The van der Waals surface area contributed by atoms with E-state index in [1.165, 1.54) is 0 Å². The quantitative estimate of drug-likeness (QED) is 0.829. The van der Waals surface area contributed by atoms with Gasteiger partial charge in [0.2, 0.25) is 0 Å². The minimum absolute atomic E-state index is 0.327. The molecule has 1 fully saturated rings. The molecule has 1 unspecified atom stereocenters. The summed E-state index contributed by atoms with van der Waals surface area (Å²) in [6.07, 6.45) is 1.39. The predicted octanol–water partition coefficient (Wildman–Crippen LogP) is 1.07. The first-order valence-electron chi connectivity index (χ1n) is 5.69. The lowest BCUT2D eigenvalue weighted by atomic mass is 10.2. The van der Waals surface area contributed by atoms with E-state index in [9.17, 15) is 0 Å². The van der Waals surface area contributed by atoms with Crippen LogP contribution in [0.2, 0.25) is 0 Å². The van der Waals surface area contributed by atoms with Crippen LogP contribution in [0.1, 0.15) is 17.7 Å². The van der Waals surface area contributed by atoms with Crippen LogP contribution in [0.5, 0.6) is 0 Å². The van der Waals surface area contributed by atoms with Gasteiger partial charge < -0.3 is 15.4 Å². The van der Waals surface area contributed by atoms with Gasteiger partial charge in [0.15, 0.2) is 0 Å². The van der Waals surface area contributed by atoms with Crippen molar-refractivity contribution in [2.24, 2.45) is 5.73 Å². The van der Waals surface area contributed by atoms with Crippen molar-refractivity contribution in [2.45, 2.75) is 26.0 Å². The molecule has 1 aromatic heterocycles. The molecule has 2 rings (SSSR count). The van der Waals surface area contributed by atoms with Gasteiger partial charge in [0.05, 0.1) is 6.10 Å². The number of hydrogen-bond acceptors (Lipinski definition) is 4. The monoisotopic (exact) mass is 221 g/mol. The van der Waals surface area contributed by atoms with Gasteiger partial charge in [-0.3, -0.25) is 0 Å². The number of pyridine rings is 1. The zero-order chi connectivity index (χ0) is 11.5. The lowest BCUT2D eigenvalue weighted by Gasteiger charge is -2.20. The molecule has 16 heavy (non-hydrogen) atoms. The van der Waals surface area contributed by atoms with Crippen LogP contribution in [0.4, 0.5) is 5.82 Å². The molecule has 1 atom stereocenters. The van der Waals surface area contributed by atoms with Gasteiger partial charge in [-0.25, -0.2) is 4.98 Å². The smallest absolute Gasteiger partial charge is 0.133 e. The van der Waals surface area contributed by atoms with E-state index in [-0.39, 0.29) is 0 Å². The van der Waals surface area contributed by atoms with Crippen molar-refractivity contribution in [3.63, 3.8) is 0 Å². The summed E-state index contributed by atoms with van der Waals surface area (Å²) in [5.74, 6) is 1.03. The number of ether oxygens (including phenoxy) is 1. The van der Waals surface area contributed by atoms with E-state index in [1.54, 1.807) is 7.11 Å². The predicted molar refractivity (Wildman–Crippen MR) is 64.5 cm³/mol. The van der Waals surface area contributed by atoms with Crippen molar-refractivity contribution < 1.29 is 4.74 Å². The van der Waals surface area contributed by atoms with Gasteiger partial charge in [-0.15, -0.1) is 0 Å². The normalized spacial score (nSPS) is 20.4. The van der Waals surface area contributed by atoms with Gasteiger partial charge in [-0.2, -0.15) is 0 Å². The van der Waals surface area contributed by atoms with Crippen LogP contribution in [0.3, 0.4) is 0 Å². The average Bonchev–Trinajstić information content (AvgIpc) is 2.77. The van der Waals surface area contributed by atoms with E-state index in [1.807, 2.05) is 13.0 Å². The molecule has 0 aliphatic carbocycles. The van der Waals surface area contributed by atoms with E-state index < -0.39 is 0 Å². The Morgan fingerprint density at radius 2 is 2.38 bits per heavy atom. The van der Waals surface area contributed by atoms with Gasteiger partial charge in [-0.05, 0) is 19.4 Å². The van der Waals surface area contributed by atoms with Crippen molar-refractivity contribution in [3.05, 3.63) is 23.4 Å². The molecule has 2 heterocycles. The molecule has 0 amide bonds. The molecular formula is C12H19N3O. The maximum Gasteiger partial charge on any atom is 0.133 e. The van der Waals surface area contributed by atoms with Crippen LogP contribution < -0.4 is 10.6 Å². The van der Waals surface area contributed by atoms with Gasteiger partial charge in [0.25, 0.3) is 0 Å². The minimum atomic E-state index is 0.327. The number of aryl methyl sites for hydroxylation is 1. The summed E-state index contributed by atoms with van der Waals surface area (Å²) in [6.45, 7) is 4.46. The Hall–Kier alpha value is -1.13. The molecule has 0 aromatic carbocycles. The lowest BCUT2D eigenvalue weighted by Crippen LogP contribution is -2.25. The highest BCUT2D eigenvalue weighted by Gasteiger charge is 2.24. The lowest BCUT2D eigenvalue weighted by molar-refractivity contribution is 0.121. The van der Waals surface area contributed by atoms with Gasteiger partial charge >= 0.3 is 0 Å². The molecular weight excluding hydrogens is 202 g/mol. The van der Waals surface area contributed by atoms with Crippen molar-refractivity contribution >= 4 is 5.82 Å². The Balaban J connectivity index is 2.22. The standard InChI is InChI=1S/C12H19N3O/c1-9-3-4-10(7-13)12(14-9)15-6-5-11(8-15)16-2/h3-4,11H,5-8,13H2,1-2H3. The number of hydrogen-bond donors (Lipinski definition) is 1. The molecule has 0 bridgehead atoms. The third-order valence-electron chi connectivity index (χ3n) is 3.09. The molecule has 0 radical (unpaired) electrons. The van der Waals surface area contributed by atoms with Gasteiger partial charge in [0.1, 0.15) is 5.82 Å². The zero-order valence-corrected chi connectivity index (χ0v) is 9.94. The molecule has 0 saturated carbocycles. The molecule has 1 aromatic rings. The first-order chi connectivity index (χ1) is 7.74. The fourth-order valence-corrected chi connectivity index (χ4v) is 2.12. The molecule has 2 N–H and O–H groups in total. The molecule has 4 nitrogen and oxygen atoms in total. The third-order valence-corrected chi connectivity index (χ3v) is 3.09. The van der Waals surface area contributed by atoms with Crippen LogP contribution in [0, 0.1) is 6.92 Å². The SMILES string of the molecule is COC1CCN(c2nc(C)ccc2CN)C1. The van der Waals surface area contributed by atoms with Crippen molar-refractivity contribution in [2.75, 3.05) is 25.1 Å². The summed E-state index contributed by atoms with van der Waals surface area (Å²) >= 11 is 0. The number of nitrogens with two attached hydrogens (primary N) is 1. The first-order valence-corrected chi connectivity index (χ1v) is 5.69. The second-order valence-electron chi connectivity index (χ2n) is 4.23. The van der Waals surface area contributed by atoms with Crippen molar-refractivity contribution in [1.82, 2.24) is 4.98 Å². The Bertz CT molecular complexity index is 367. The summed E-state index contributed by atoms with van der Waals surface area (Å²) in [5, 5.41) is 0. The van der Waals surface area contributed by atoms with E-state index >= 15 is 0 Å². The maximum atomic E-state index is 5.74. The minimum Gasteiger partial charge on any atom is -0.380 e. The van der Waals surface area contributed by atoms with Crippen LogP contribution in [-0.4, -0.2) is 31.3 Å². The highest BCUT2D eigenvalue weighted by atomic mass is 16.5. The summed E-state index contributed by atoms with van der Waals surface area (Å²) in [4.78, 5) is 6.85. The summed E-state index contributed by atoms with van der Waals surface area (Å²) in [7, 11) is 1.77. The molecule has 4 heteroatoms. The van der Waals surface area contributed by atoms with Crippen LogP contribution >= 0.6 is 0 Å². The number of anilines is 1. The zero-order valence-electron chi connectivity index (χ0n) is 9.94. The number of nitrogens with zero attached hydrogens (tertiary/aromatic N) is 2. The topological polar surface area (TPSA) is 51.4 Å². The summed E-state index contributed by atoms with van der Waals surface area (Å²) < 4.78 is 5.37. The van der Waals surface area contributed by atoms with Crippen molar-refractivity contribution in [3.8, 4) is 0 Å². The Labute approximate surface area is 96.4 Å². The van der Waals surface area contributed by atoms with Crippen LogP contribution in [0.25, 0.3) is 0 Å². The summed E-state index contributed by atoms with van der Waals surface area (Å²) in [5.41, 5.74) is 7.89. The Morgan fingerprint density at radius 3 is 3.00 bits per heavy atom. The average molecular weight is 221 g/mol. The van der Waals surface area contributed by atoms with Crippen LogP contribution in [0.15, 0.2) is 12.1 Å². The highest BCUT2D eigenvalue weighted by molar-refractivity contribution is 5.48. The van der Waals surface area contributed by atoms with Gasteiger partial charge in [0, 0.05) is 38.0 Å². The van der Waals surface area contributed by atoms with E-state index in [4.69, 9.17) is 10.5 Å². The Morgan fingerprint density at radius 1 is 1.56 bits per heavy atom. The third kappa shape index (κ3) is 2.18. The molecule has 0 spiro atoms. The maximum absolute atomic E-state index is 5.74. The number of aromatic nitrogens is 1. The van der Waals surface area contributed by atoms with E-state index in [0.29, 0.717) is 12.6 Å². The highest BCUT2D eigenvalue weighted by Crippen LogP contribution is 2.23. The molecule has 1 aliphatic heterocycles. The van der Waals surface area contributed by atoms with Crippen LogP contribution in [-0.2, 0) is 11.3 Å². The fraction of sp³-hybridized carbons (Fsp3) is 0.583. The first kappa shape index (κ1) is 11.4. The Kier molecular flexibility index (Phi) is 3.41. The fourth-order valence-electron chi connectivity index (χ4n) is 2.12. The summed E-state index contributed by atoms with van der Waals surface area (Å²) in [6, 6.07) is 4.08. The largest absolute Gasteiger partial charge is 0.380 e. The van der Waals surface area contributed by atoms with Crippen molar-refractivity contribution in [1.29, 1.82) is 0 Å².